The number of para-hydroxylation sites is 2. The number of halogens is 5. The number of hydrogen-bond acceptors (Lipinski definition) is 20. The number of aryl methyl sites for hydroxylation is 2. The second-order valence-electron chi connectivity index (χ2n) is 22.0. The van der Waals surface area contributed by atoms with Gasteiger partial charge in [0.25, 0.3) is 0 Å². The molecule has 2 aromatic heterocycles. The van der Waals surface area contributed by atoms with Crippen molar-refractivity contribution in [2.75, 3.05) is 91.0 Å². The van der Waals surface area contributed by atoms with E-state index in [0.717, 1.165) is 81.8 Å². The molecule has 27 heteroatoms. The molecule has 0 saturated carbocycles. The van der Waals surface area contributed by atoms with E-state index in [2.05, 4.69) is 106 Å². The maximum atomic E-state index is 13.3. The van der Waals surface area contributed by atoms with Crippen LogP contribution in [0.15, 0.2) is 95.0 Å². The van der Waals surface area contributed by atoms with Crippen LogP contribution < -0.4 is 50.4 Å². The van der Waals surface area contributed by atoms with E-state index in [1.807, 2.05) is 39.0 Å². The van der Waals surface area contributed by atoms with Crippen LogP contribution in [0.3, 0.4) is 0 Å². The lowest BCUT2D eigenvalue weighted by molar-refractivity contribution is -0.0504. The summed E-state index contributed by atoms with van der Waals surface area (Å²) in [6.07, 6.45) is 1.97. The molecule has 5 N–H and O–H groups in total. The fourth-order valence-corrected chi connectivity index (χ4v) is 12.0. The van der Waals surface area contributed by atoms with Gasteiger partial charge in [-0.15, -0.1) is 0 Å². The zero-order valence-corrected chi connectivity index (χ0v) is 53.8. The Morgan fingerprint density at radius 1 is 0.540 bits per heavy atom. The molecule has 476 valence electrons. The van der Waals surface area contributed by atoms with Crippen molar-refractivity contribution in [2.45, 2.75) is 135 Å². The number of anilines is 9. The molecule has 8 rings (SSSR count). The van der Waals surface area contributed by atoms with Gasteiger partial charge >= 0.3 is 13.2 Å². The van der Waals surface area contributed by atoms with Crippen molar-refractivity contribution in [3.05, 3.63) is 102 Å². The number of rotatable bonds is 21. The standard InChI is InChI=1S/C31H42F2N6O4S.C15H25N3O.C14H14ClF2N3O3S/c1-19(2)38-12-14-39(15-13-38)25-17-26(42-20(3)4)24(16-22(25)7)36-31-34-18-27(43-30(32)33)29(37-31)35-23-10-8-9-11-28(23)44(40,41)21(5)6;1-11(2)17-5-7-18(8-6-17)14-10-15(19-4)13(16)9-12(14)3;1-8(2)24(21,22)11-6-4-3-5-9(11)19-12-10(23-14(16)17)7-18-13(15)20-12/h8-11,16-21,30H,12-15H2,1-7H3,(H2,34,35,36,37);9-11H,5-8,16H2,1-4H3;3-8,14H,1-2H3,(H,18,19,20). The predicted molar refractivity (Wildman–Crippen MR) is 337 cm³/mol. The van der Waals surface area contributed by atoms with E-state index in [1.165, 1.54) is 35.5 Å². The Hall–Kier alpha value is -7.13. The predicted octanol–water partition coefficient (Wildman–Crippen LogP) is 12.1. The van der Waals surface area contributed by atoms with Crippen molar-refractivity contribution >= 4 is 83.0 Å². The van der Waals surface area contributed by atoms with Crippen molar-refractivity contribution in [3.63, 3.8) is 0 Å². The number of nitrogens with two attached hydrogens (primary N) is 1. The zero-order valence-electron chi connectivity index (χ0n) is 51.4. The van der Waals surface area contributed by atoms with Gasteiger partial charge in [-0.3, -0.25) is 9.80 Å². The molecule has 0 spiro atoms. The van der Waals surface area contributed by atoms with Crippen molar-refractivity contribution in [1.82, 2.24) is 29.7 Å². The first-order valence-electron chi connectivity index (χ1n) is 28.5. The molecule has 4 heterocycles. The minimum Gasteiger partial charge on any atom is -0.495 e. The number of nitrogen functional groups attached to an aromatic ring is 1. The Bertz CT molecular complexity index is 3480. The van der Waals surface area contributed by atoms with E-state index in [0.29, 0.717) is 29.2 Å². The Labute approximate surface area is 514 Å². The highest BCUT2D eigenvalue weighted by Gasteiger charge is 2.28. The molecule has 2 aliphatic rings. The lowest BCUT2D eigenvalue weighted by Crippen LogP contribution is -2.49. The maximum absolute atomic E-state index is 13.3. The number of hydrogen-bond donors (Lipinski definition) is 4. The Kier molecular flexibility index (Phi) is 24.3. The zero-order chi connectivity index (χ0) is 64.1. The Balaban J connectivity index is 0.000000234. The van der Waals surface area contributed by atoms with E-state index >= 15 is 0 Å². The van der Waals surface area contributed by atoms with Crippen LogP contribution in [0.4, 0.5) is 69.3 Å². The first-order chi connectivity index (χ1) is 41.0. The highest BCUT2D eigenvalue weighted by atomic mass is 35.5. The van der Waals surface area contributed by atoms with E-state index in [-0.39, 0.29) is 61.6 Å². The second kappa shape index (κ2) is 30.7. The lowest BCUT2D eigenvalue weighted by atomic mass is 10.1. The van der Waals surface area contributed by atoms with Gasteiger partial charge in [0.05, 0.1) is 68.6 Å². The average molecular weight is 1270 g/mol. The quantitative estimate of drug-likeness (QED) is 0.0298. The second-order valence-corrected chi connectivity index (χ2v) is 27.3. The maximum Gasteiger partial charge on any atom is 0.387 e. The highest BCUT2D eigenvalue weighted by Crippen LogP contribution is 2.39. The van der Waals surface area contributed by atoms with E-state index in [4.69, 9.17) is 26.8 Å². The SMILES string of the molecule is CC(C)S(=O)(=O)c1ccccc1Nc1nc(Cl)ncc1OC(F)F.COc1cc(N2CCN(C(C)C)CC2)c(C)cc1N.Cc1cc(Nc2ncc(OC(F)F)c(Nc3ccccc3S(=O)(=O)C(C)C)n2)c(OC(C)C)cc1N1CCN(C(C)C)CC1. The summed E-state index contributed by atoms with van der Waals surface area (Å²) in [5.74, 6) is 0.445. The van der Waals surface area contributed by atoms with Gasteiger partial charge in [0, 0.05) is 87.9 Å². The number of benzene rings is 4. The Morgan fingerprint density at radius 2 is 0.966 bits per heavy atom. The molecular weight excluding hydrogens is 1190 g/mol. The van der Waals surface area contributed by atoms with E-state index in [1.54, 1.807) is 59.1 Å². The van der Waals surface area contributed by atoms with Gasteiger partial charge in [-0.25, -0.2) is 26.8 Å². The molecule has 0 atom stereocenters. The molecule has 6 aromatic rings. The summed E-state index contributed by atoms with van der Waals surface area (Å²) in [6, 6.07) is 21.4. The van der Waals surface area contributed by atoms with Gasteiger partial charge in [0.2, 0.25) is 11.2 Å². The van der Waals surface area contributed by atoms with Gasteiger partial charge in [0.1, 0.15) is 11.5 Å². The number of nitrogens with zero attached hydrogens (tertiary/aromatic N) is 8. The summed E-state index contributed by atoms with van der Waals surface area (Å²) >= 11 is 5.68. The molecule has 2 fully saturated rings. The van der Waals surface area contributed by atoms with Crippen LogP contribution in [0.1, 0.15) is 80.4 Å². The molecule has 2 aliphatic heterocycles. The van der Waals surface area contributed by atoms with Crippen molar-refractivity contribution in [2.24, 2.45) is 0 Å². The normalized spacial score (nSPS) is 14.3. The third-order valence-electron chi connectivity index (χ3n) is 14.3. The molecule has 87 heavy (non-hydrogen) atoms. The molecule has 0 radical (unpaired) electrons. The number of nitrogens with one attached hydrogen (secondary N) is 3. The third-order valence-corrected chi connectivity index (χ3v) is 18.9. The van der Waals surface area contributed by atoms with Gasteiger partial charge in [0.15, 0.2) is 42.8 Å². The molecule has 0 aliphatic carbocycles. The largest absolute Gasteiger partial charge is 0.495 e. The molecule has 0 amide bonds. The number of piperazine rings is 2. The summed E-state index contributed by atoms with van der Waals surface area (Å²) in [4.78, 5) is 25.7. The van der Waals surface area contributed by atoms with Crippen LogP contribution in [0, 0.1) is 13.8 Å². The number of aromatic nitrogens is 4. The fraction of sp³-hybridized carbons (Fsp3) is 0.467. The molecule has 20 nitrogen and oxygen atoms in total. The van der Waals surface area contributed by atoms with Crippen LogP contribution in [0.2, 0.25) is 5.28 Å². The topological polar surface area (TPSA) is 232 Å². The van der Waals surface area contributed by atoms with Gasteiger partial charge in [-0.1, -0.05) is 24.3 Å². The Morgan fingerprint density at radius 3 is 1.39 bits per heavy atom. The fourth-order valence-electron chi connectivity index (χ4n) is 9.49. The monoisotopic (exact) mass is 1270 g/mol. The van der Waals surface area contributed by atoms with Gasteiger partial charge in [-0.05, 0) is 142 Å². The molecular formula is C60H81ClF4N12O8S2. The summed E-state index contributed by atoms with van der Waals surface area (Å²) < 4.78 is 123. The minimum absolute atomic E-state index is 0.0118. The van der Waals surface area contributed by atoms with Crippen LogP contribution in [0.5, 0.6) is 23.0 Å². The van der Waals surface area contributed by atoms with E-state index in [9.17, 15) is 34.4 Å². The van der Waals surface area contributed by atoms with Gasteiger partial charge < -0.3 is 50.4 Å². The van der Waals surface area contributed by atoms with Crippen molar-refractivity contribution in [1.29, 1.82) is 0 Å². The molecule has 4 aromatic carbocycles. The van der Waals surface area contributed by atoms with E-state index < -0.39 is 43.4 Å². The number of methoxy groups -OCH3 is 1. The third kappa shape index (κ3) is 18.5. The van der Waals surface area contributed by atoms with Crippen LogP contribution in [-0.2, 0) is 19.7 Å². The first-order valence-corrected chi connectivity index (χ1v) is 32.0. The number of alkyl halides is 4. The van der Waals surface area contributed by atoms with Crippen molar-refractivity contribution < 1.29 is 53.3 Å². The van der Waals surface area contributed by atoms with Gasteiger partial charge in [-0.2, -0.15) is 27.5 Å². The summed E-state index contributed by atoms with van der Waals surface area (Å²) in [6.45, 7) is 25.0. The molecule has 2 saturated heterocycles. The lowest BCUT2D eigenvalue weighted by Gasteiger charge is -2.39. The van der Waals surface area contributed by atoms with Crippen LogP contribution >= 0.6 is 11.6 Å². The van der Waals surface area contributed by atoms with Crippen molar-refractivity contribution in [3.8, 4) is 23.0 Å². The molecule has 0 bridgehead atoms. The first kappa shape index (κ1) is 69.0. The smallest absolute Gasteiger partial charge is 0.387 e. The minimum atomic E-state index is -3.70. The summed E-state index contributed by atoms with van der Waals surface area (Å²) in [5, 5.41) is 7.16. The van der Waals surface area contributed by atoms with Crippen LogP contribution in [0.25, 0.3) is 0 Å². The summed E-state index contributed by atoms with van der Waals surface area (Å²) in [5.41, 5.74) is 12.1. The number of sulfone groups is 2. The summed E-state index contributed by atoms with van der Waals surface area (Å²) in [7, 11) is -5.63. The average Bonchev–Trinajstić information content (AvgIpc) is 3.01. The number of ether oxygens (including phenoxy) is 4. The highest BCUT2D eigenvalue weighted by molar-refractivity contribution is 7.92. The molecule has 0 unspecified atom stereocenters. The van der Waals surface area contributed by atoms with Crippen LogP contribution in [-0.4, -0.2) is 148 Å².